The van der Waals surface area contributed by atoms with E-state index < -0.39 is 0 Å². The third kappa shape index (κ3) is 2.09. The first kappa shape index (κ1) is 10.7. The Balaban J connectivity index is 1.94. The number of carbonyl (C=O) groups is 1. The molecule has 2 nitrogen and oxygen atoms in total. The summed E-state index contributed by atoms with van der Waals surface area (Å²) < 4.78 is 0. The van der Waals surface area contributed by atoms with Gasteiger partial charge >= 0.3 is 0 Å². The lowest BCUT2D eigenvalue weighted by molar-refractivity contribution is -0.135. The molecule has 3 unspecified atom stereocenters. The molecule has 0 heterocycles. The van der Waals surface area contributed by atoms with Crippen LogP contribution in [0.1, 0.15) is 26.7 Å². The lowest BCUT2D eigenvalue weighted by Crippen LogP contribution is -2.36. The van der Waals surface area contributed by atoms with Gasteiger partial charge in [-0.05, 0) is 30.6 Å². The van der Waals surface area contributed by atoms with Gasteiger partial charge in [0.05, 0.1) is 0 Å². The molecule has 1 amide bonds. The van der Waals surface area contributed by atoms with Crippen molar-refractivity contribution in [2.75, 3.05) is 13.6 Å². The third-order valence-corrected chi connectivity index (χ3v) is 3.61. The van der Waals surface area contributed by atoms with Crippen LogP contribution in [0, 0.1) is 23.7 Å². The van der Waals surface area contributed by atoms with Crippen LogP contribution in [0.25, 0.3) is 0 Å². The number of hydrogen-bond donors (Lipinski definition) is 0. The summed E-state index contributed by atoms with van der Waals surface area (Å²) in [6.45, 7) is 5.20. The molecule has 2 aliphatic rings. The van der Waals surface area contributed by atoms with E-state index in [9.17, 15) is 4.79 Å². The molecule has 2 rings (SSSR count). The summed E-state index contributed by atoms with van der Waals surface area (Å²) in [7, 11) is 1.94. The number of hydrogen-bond acceptors (Lipinski definition) is 1. The van der Waals surface area contributed by atoms with Crippen molar-refractivity contribution in [3.63, 3.8) is 0 Å². The highest BCUT2D eigenvalue weighted by molar-refractivity contribution is 5.79. The summed E-state index contributed by atoms with van der Waals surface area (Å²) in [6.07, 6.45) is 6.84. The van der Waals surface area contributed by atoms with Crippen molar-refractivity contribution in [3.8, 4) is 0 Å². The molecule has 0 spiro atoms. The largest absolute Gasteiger partial charge is 0.345 e. The second kappa shape index (κ2) is 3.99. The van der Waals surface area contributed by atoms with E-state index >= 15 is 0 Å². The Bertz CT molecular complexity index is 282. The van der Waals surface area contributed by atoms with Gasteiger partial charge in [0.15, 0.2) is 0 Å². The molecule has 1 saturated carbocycles. The molecule has 0 N–H and O–H groups in total. The van der Waals surface area contributed by atoms with E-state index in [-0.39, 0.29) is 5.92 Å². The van der Waals surface area contributed by atoms with Crippen molar-refractivity contribution in [1.29, 1.82) is 0 Å². The van der Waals surface area contributed by atoms with Gasteiger partial charge in [-0.3, -0.25) is 4.79 Å². The van der Waals surface area contributed by atoms with E-state index in [1.54, 1.807) is 0 Å². The maximum Gasteiger partial charge on any atom is 0.226 e. The highest BCUT2D eigenvalue weighted by Crippen LogP contribution is 2.44. The molecule has 0 aliphatic heterocycles. The maximum atomic E-state index is 12.2. The van der Waals surface area contributed by atoms with E-state index in [0.29, 0.717) is 23.7 Å². The van der Waals surface area contributed by atoms with Gasteiger partial charge in [-0.1, -0.05) is 26.0 Å². The minimum absolute atomic E-state index is 0.281. The van der Waals surface area contributed by atoms with Gasteiger partial charge in [-0.25, -0.2) is 0 Å². The molecule has 2 aliphatic carbocycles. The van der Waals surface area contributed by atoms with E-state index in [1.165, 1.54) is 6.42 Å². The predicted molar refractivity (Wildman–Crippen MR) is 61.3 cm³/mol. The Morgan fingerprint density at radius 3 is 2.60 bits per heavy atom. The molecule has 15 heavy (non-hydrogen) atoms. The van der Waals surface area contributed by atoms with E-state index in [2.05, 4.69) is 26.0 Å². The van der Waals surface area contributed by atoms with Gasteiger partial charge < -0.3 is 4.90 Å². The topological polar surface area (TPSA) is 20.3 Å². The summed E-state index contributed by atoms with van der Waals surface area (Å²) in [6, 6.07) is 0. The molecule has 0 aromatic rings. The minimum atomic E-state index is 0.281. The van der Waals surface area contributed by atoms with E-state index in [0.717, 1.165) is 13.0 Å². The molecule has 0 aromatic heterocycles. The van der Waals surface area contributed by atoms with Gasteiger partial charge in [0, 0.05) is 19.5 Å². The Hall–Kier alpha value is -0.790. The smallest absolute Gasteiger partial charge is 0.226 e. The Kier molecular flexibility index (Phi) is 2.85. The van der Waals surface area contributed by atoms with Gasteiger partial charge in [0.25, 0.3) is 0 Å². The Labute approximate surface area is 92.3 Å². The van der Waals surface area contributed by atoms with E-state index in [1.807, 2.05) is 11.9 Å². The first-order valence-corrected chi connectivity index (χ1v) is 6.01. The standard InChI is InChI=1S/C13H21NO/c1-9(2)8-14(3)13(15)12-7-10-4-5-11(12)6-10/h4-5,9-12H,6-8H2,1-3H3. The zero-order valence-corrected chi connectivity index (χ0v) is 9.94. The molecule has 0 radical (unpaired) electrons. The molecule has 0 aromatic carbocycles. The molecule has 0 saturated heterocycles. The number of amides is 1. The van der Waals surface area contributed by atoms with Crippen LogP contribution in [0.15, 0.2) is 12.2 Å². The van der Waals surface area contributed by atoms with Crippen LogP contribution < -0.4 is 0 Å². The quantitative estimate of drug-likeness (QED) is 0.650. The van der Waals surface area contributed by atoms with Gasteiger partial charge in [-0.2, -0.15) is 0 Å². The Morgan fingerprint density at radius 1 is 1.40 bits per heavy atom. The molecule has 1 fully saturated rings. The number of nitrogens with zero attached hydrogens (tertiary/aromatic N) is 1. The monoisotopic (exact) mass is 207 g/mol. The fraction of sp³-hybridized carbons (Fsp3) is 0.769. The first-order chi connectivity index (χ1) is 7.08. The second-order valence-corrected chi connectivity index (χ2v) is 5.50. The van der Waals surface area contributed by atoms with Gasteiger partial charge in [0.2, 0.25) is 5.91 Å². The second-order valence-electron chi connectivity index (χ2n) is 5.50. The number of carbonyl (C=O) groups excluding carboxylic acids is 1. The van der Waals surface area contributed by atoms with Crippen molar-refractivity contribution in [2.24, 2.45) is 23.7 Å². The number of allylic oxidation sites excluding steroid dienone is 2. The highest BCUT2D eigenvalue weighted by atomic mass is 16.2. The summed E-state index contributed by atoms with van der Waals surface area (Å²) in [4.78, 5) is 14.1. The average molecular weight is 207 g/mol. The van der Waals surface area contributed by atoms with Crippen LogP contribution in [0.4, 0.5) is 0 Å². The zero-order valence-electron chi connectivity index (χ0n) is 9.94. The zero-order chi connectivity index (χ0) is 11.0. The van der Waals surface area contributed by atoms with Gasteiger partial charge in [-0.15, -0.1) is 0 Å². The minimum Gasteiger partial charge on any atom is -0.345 e. The Morgan fingerprint density at radius 2 is 2.13 bits per heavy atom. The molecule has 84 valence electrons. The molecule has 2 bridgehead atoms. The fourth-order valence-corrected chi connectivity index (χ4v) is 2.99. The molecular weight excluding hydrogens is 186 g/mol. The van der Waals surface area contributed by atoms with Crippen LogP contribution in [0.3, 0.4) is 0 Å². The van der Waals surface area contributed by atoms with Gasteiger partial charge in [0.1, 0.15) is 0 Å². The molecular formula is C13H21NO. The molecule has 2 heteroatoms. The number of fused-ring (bicyclic) bond motifs is 2. The van der Waals surface area contributed by atoms with Crippen LogP contribution >= 0.6 is 0 Å². The predicted octanol–water partition coefficient (Wildman–Crippen LogP) is 2.31. The van der Waals surface area contributed by atoms with Crippen molar-refractivity contribution in [3.05, 3.63) is 12.2 Å². The van der Waals surface area contributed by atoms with Crippen molar-refractivity contribution in [1.82, 2.24) is 4.90 Å². The highest BCUT2D eigenvalue weighted by Gasteiger charge is 2.40. The van der Waals surface area contributed by atoms with E-state index in [4.69, 9.17) is 0 Å². The SMILES string of the molecule is CC(C)CN(C)C(=O)C1CC2C=CC1C2. The van der Waals surface area contributed by atoms with Crippen molar-refractivity contribution < 1.29 is 4.79 Å². The molecule has 3 atom stereocenters. The average Bonchev–Trinajstić information content (AvgIpc) is 2.76. The maximum absolute atomic E-state index is 12.2. The summed E-state index contributed by atoms with van der Waals surface area (Å²) in [5, 5.41) is 0. The lowest BCUT2D eigenvalue weighted by atomic mass is 9.92. The third-order valence-electron chi connectivity index (χ3n) is 3.61. The first-order valence-electron chi connectivity index (χ1n) is 6.01. The number of rotatable bonds is 3. The van der Waals surface area contributed by atoms with Crippen LogP contribution in [0.5, 0.6) is 0 Å². The van der Waals surface area contributed by atoms with Crippen molar-refractivity contribution >= 4 is 5.91 Å². The fourth-order valence-electron chi connectivity index (χ4n) is 2.99. The van der Waals surface area contributed by atoms with Crippen LogP contribution in [-0.4, -0.2) is 24.4 Å². The summed E-state index contributed by atoms with van der Waals surface area (Å²) in [5.41, 5.74) is 0. The van der Waals surface area contributed by atoms with Crippen molar-refractivity contribution in [2.45, 2.75) is 26.7 Å². The van der Waals surface area contributed by atoms with Crippen LogP contribution in [-0.2, 0) is 4.79 Å². The lowest BCUT2D eigenvalue weighted by Gasteiger charge is -2.26. The normalized spacial score (nSPS) is 32.7. The van der Waals surface area contributed by atoms with Crippen LogP contribution in [0.2, 0.25) is 0 Å². The summed E-state index contributed by atoms with van der Waals surface area (Å²) in [5.74, 6) is 2.44. The summed E-state index contributed by atoms with van der Waals surface area (Å²) >= 11 is 0.